The number of carbonyl (C=O) groups is 1. The second-order valence-electron chi connectivity index (χ2n) is 6.67. The average molecular weight is 371 g/mol. The first-order valence-corrected chi connectivity index (χ1v) is 9.16. The highest BCUT2D eigenvalue weighted by Gasteiger charge is 2.11. The molecule has 0 saturated heterocycles. The fourth-order valence-electron chi connectivity index (χ4n) is 3.05. The number of fused-ring (bicyclic) bond motifs is 1. The maximum atomic E-state index is 12.3. The van der Waals surface area contributed by atoms with Crippen LogP contribution in [0.25, 0.3) is 5.65 Å². The summed E-state index contributed by atoms with van der Waals surface area (Å²) in [5.74, 6) is 0.173. The van der Waals surface area contributed by atoms with E-state index in [-0.39, 0.29) is 5.91 Å². The summed E-state index contributed by atoms with van der Waals surface area (Å²) in [6.45, 7) is 2.70. The number of amides is 1. The molecule has 0 radical (unpaired) electrons. The number of hydrogen-bond donors (Lipinski definition) is 2. The SMILES string of the molecule is Cc1cc(NCc2ccccc2)cn2nc(NC(=O)Cc3ccccc3)nc12. The lowest BCUT2D eigenvalue weighted by molar-refractivity contribution is -0.115. The molecule has 140 valence electrons. The predicted octanol–water partition coefficient (Wildman–Crippen LogP) is 3.83. The second kappa shape index (κ2) is 7.92. The van der Waals surface area contributed by atoms with Gasteiger partial charge in [-0.05, 0) is 29.7 Å². The number of anilines is 2. The molecule has 0 aliphatic carbocycles. The fraction of sp³-hybridized carbons (Fsp3) is 0.136. The molecule has 2 aromatic heterocycles. The van der Waals surface area contributed by atoms with Gasteiger partial charge >= 0.3 is 0 Å². The van der Waals surface area contributed by atoms with Crippen LogP contribution in [0.4, 0.5) is 11.6 Å². The number of hydrogen-bond acceptors (Lipinski definition) is 4. The van der Waals surface area contributed by atoms with E-state index in [4.69, 9.17) is 0 Å². The Kier molecular flexibility index (Phi) is 5.01. The largest absolute Gasteiger partial charge is 0.380 e. The maximum Gasteiger partial charge on any atom is 0.249 e. The Labute approximate surface area is 163 Å². The highest BCUT2D eigenvalue weighted by Crippen LogP contribution is 2.17. The Morgan fingerprint density at radius 1 is 1.00 bits per heavy atom. The van der Waals surface area contributed by atoms with Crippen molar-refractivity contribution in [3.8, 4) is 0 Å². The van der Waals surface area contributed by atoms with Gasteiger partial charge in [-0.15, -0.1) is 5.10 Å². The number of benzene rings is 2. The van der Waals surface area contributed by atoms with E-state index in [1.807, 2.05) is 67.7 Å². The minimum Gasteiger partial charge on any atom is -0.380 e. The van der Waals surface area contributed by atoms with Gasteiger partial charge in [-0.25, -0.2) is 4.52 Å². The van der Waals surface area contributed by atoms with Crippen molar-refractivity contribution in [1.29, 1.82) is 0 Å². The molecule has 0 unspecified atom stereocenters. The van der Waals surface area contributed by atoms with Crippen molar-refractivity contribution in [1.82, 2.24) is 14.6 Å². The molecule has 2 aromatic carbocycles. The summed E-state index contributed by atoms with van der Waals surface area (Å²) in [4.78, 5) is 16.7. The summed E-state index contributed by atoms with van der Waals surface area (Å²) in [6.07, 6.45) is 2.17. The monoisotopic (exact) mass is 371 g/mol. The Bertz CT molecular complexity index is 1090. The zero-order chi connectivity index (χ0) is 19.3. The molecular weight excluding hydrogens is 350 g/mol. The highest BCUT2D eigenvalue weighted by molar-refractivity contribution is 5.90. The third-order valence-electron chi connectivity index (χ3n) is 4.42. The van der Waals surface area contributed by atoms with Crippen molar-refractivity contribution in [3.05, 3.63) is 89.6 Å². The molecule has 2 heterocycles. The van der Waals surface area contributed by atoms with Gasteiger partial charge in [0.15, 0.2) is 5.65 Å². The third-order valence-corrected chi connectivity index (χ3v) is 4.42. The minimum atomic E-state index is -0.137. The smallest absolute Gasteiger partial charge is 0.249 e. The molecule has 0 bridgehead atoms. The summed E-state index contributed by atoms with van der Waals surface area (Å²) in [5, 5.41) is 10.6. The molecule has 4 rings (SSSR count). The molecule has 0 saturated carbocycles. The van der Waals surface area contributed by atoms with Crippen molar-refractivity contribution in [2.75, 3.05) is 10.6 Å². The molecular formula is C22H21N5O. The number of rotatable bonds is 6. The van der Waals surface area contributed by atoms with E-state index < -0.39 is 0 Å². The van der Waals surface area contributed by atoms with Crippen LogP contribution in [0.3, 0.4) is 0 Å². The second-order valence-corrected chi connectivity index (χ2v) is 6.67. The number of aryl methyl sites for hydroxylation is 1. The van der Waals surface area contributed by atoms with Crippen molar-refractivity contribution >= 4 is 23.2 Å². The molecule has 2 N–H and O–H groups in total. The number of pyridine rings is 1. The summed E-state index contributed by atoms with van der Waals surface area (Å²) in [6, 6.07) is 21.8. The summed E-state index contributed by atoms with van der Waals surface area (Å²) in [5.41, 5.74) is 4.80. The van der Waals surface area contributed by atoms with Crippen LogP contribution in [0.15, 0.2) is 72.9 Å². The quantitative estimate of drug-likeness (QED) is 0.540. The molecule has 0 aliphatic rings. The van der Waals surface area contributed by atoms with E-state index in [1.54, 1.807) is 4.52 Å². The van der Waals surface area contributed by atoms with Gasteiger partial charge in [-0.2, -0.15) is 4.98 Å². The summed E-state index contributed by atoms with van der Waals surface area (Å²) < 4.78 is 1.70. The predicted molar refractivity (Wildman–Crippen MR) is 110 cm³/mol. The van der Waals surface area contributed by atoms with Gasteiger partial charge < -0.3 is 5.32 Å². The maximum absolute atomic E-state index is 12.3. The fourth-order valence-corrected chi connectivity index (χ4v) is 3.05. The number of nitrogens with one attached hydrogen (secondary N) is 2. The Morgan fingerprint density at radius 3 is 2.39 bits per heavy atom. The Balaban J connectivity index is 1.47. The molecule has 0 fully saturated rings. The van der Waals surface area contributed by atoms with Crippen LogP contribution in [0.5, 0.6) is 0 Å². The molecule has 4 aromatic rings. The van der Waals surface area contributed by atoms with Crippen molar-refractivity contribution in [2.45, 2.75) is 19.9 Å². The zero-order valence-corrected chi connectivity index (χ0v) is 15.6. The van der Waals surface area contributed by atoms with E-state index in [9.17, 15) is 4.79 Å². The normalized spacial score (nSPS) is 10.8. The van der Waals surface area contributed by atoms with Gasteiger partial charge in [0.2, 0.25) is 11.9 Å². The van der Waals surface area contributed by atoms with Crippen LogP contribution in [-0.2, 0) is 17.8 Å². The minimum absolute atomic E-state index is 0.137. The van der Waals surface area contributed by atoms with Crippen LogP contribution in [0, 0.1) is 6.92 Å². The molecule has 0 atom stereocenters. The van der Waals surface area contributed by atoms with Crippen molar-refractivity contribution in [2.24, 2.45) is 0 Å². The van der Waals surface area contributed by atoms with Gasteiger partial charge in [-0.3, -0.25) is 10.1 Å². The van der Waals surface area contributed by atoms with E-state index in [2.05, 4.69) is 32.8 Å². The molecule has 6 nitrogen and oxygen atoms in total. The van der Waals surface area contributed by atoms with Gasteiger partial charge in [0.25, 0.3) is 0 Å². The van der Waals surface area contributed by atoms with E-state index >= 15 is 0 Å². The van der Waals surface area contributed by atoms with E-state index in [0.717, 1.165) is 29.0 Å². The van der Waals surface area contributed by atoms with Crippen LogP contribution in [-0.4, -0.2) is 20.5 Å². The Morgan fingerprint density at radius 2 is 1.68 bits per heavy atom. The van der Waals surface area contributed by atoms with Gasteiger partial charge in [0, 0.05) is 6.54 Å². The summed E-state index contributed by atoms with van der Waals surface area (Å²) in [7, 11) is 0. The van der Waals surface area contributed by atoms with E-state index in [1.165, 1.54) is 5.56 Å². The van der Waals surface area contributed by atoms with Crippen molar-refractivity contribution < 1.29 is 4.79 Å². The molecule has 1 amide bonds. The van der Waals surface area contributed by atoms with Crippen LogP contribution >= 0.6 is 0 Å². The topological polar surface area (TPSA) is 71.3 Å². The first-order valence-electron chi connectivity index (χ1n) is 9.16. The first-order chi connectivity index (χ1) is 13.7. The molecule has 6 heteroatoms. The summed E-state index contributed by atoms with van der Waals surface area (Å²) >= 11 is 0. The lowest BCUT2D eigenvalue weighted by atomic mass is 10.1. The lowest BCUT2D eigenvalue weighted by Crippen LogP contribution is -2.15. The van der Waals surface area contributed by atoms with Crippen LogP contribution in [0.1, 0.15) is 16.7 Å². The van der Waals surface area contributed by atoms with E-state index in [0.29, 0.717) is 12.4 Å². The first kappa shape index (κ1) is 17.7. The molecule has 28 heavy (non-hydrogen) atoms. The highest BCUT2D eigenvalue weighted by atomic mass is 16.1. The van der Waals surface area contributed by atoms with Gasteiger partial charge in [-0.1, -0.05) is 60.7 Å². The number of carbonyl (C=O) groups excluding carboxylic acids is 1. The molecule has 0 aliphatic heterocycles. The number of aromatic nitrogens is 3. The Hall–Kier alpha value is -3.67. The zero-order valence-electron chi connectivity index (χ0n) is 15.6. The lowest BCUT2D eigenvalue weighted by Gasteiger charge is -2.08. The van der Waals surface area contributed by atoms with Gasteiger partial charge in [0.1, 0.15) is 0 Å². The standard InChI is InChI=1S/C22H21N5O/c1-16-12-19(23-14-18-10-6-3-7-11-18)15-27-21(16)25-22(26-27)24-20(28)13-17-8-4-2-5-9-17/h2-12,15,23H,13-14H2,1H3,(H,24,26,28). The average Bonchev–Trinajstić information content (AvgIpc) is 3.11. The molecule has 0 spiro atoms. The third kappa shape index (κ3) is 4.17. The van der Waals surface area contributed by atoms with Gasteiger partial charge in [0.05, 0.1) is 18.3 Å². The van der Waals surface area contributed by atoms with Crippen molar-refractivity contribution in [3.63, 3.8) is 0 Å². The van der Waals surface area contributed by atoms with Crippen LogP contribution < -0.4 is 10.6 Å². The number of nitrogens with zero attached hydrogens (tertiary/aromatic N) is 3. The van der Waals surface area contributed by atoms with Crippen LogP contribution in [0.2, 0.25) is 0 Å².